The highest BCUT2D eigenvalue weighted by Gasteiger charge is 2.09. The molecule has 1 aromatic rings. The van der Waals surface area contributed by atoms with Crippen molar-refractivity contribution in [2.24, 2.45) is 5.84 Å². The molecule has 13 heavy (non-hydrogen) atoms. The number of anilines is 1. The number of nitrogen functional groups attached to an aromatic ring is 1. The number of nitrogens with two attached hydrogens (primary N) is 1. The first-order valence-electron chi connectivity index (χ1n) is 3.34. The Morgan fingerprint density at radius 3 is 2.54 bits per heavy atom. The summed E-state index contributed by atoms with van der Waals surface area (Å²) in [5.74, 6) is 3.57. The van der Waals surface area contributed by atoms with E-state index in [4.69, 9.17) is 5.84 Å². The number of alkyl halides is 2. The maximum absolute atomic E-state index is 12.8. The van der Waals surface area contributed by atoms with Crippen molar-refractivity contribution in [2.75, 3.05) is 5.43 Å². The van der Waals surface area contributed by atoms with Crippen LogP contribution < -0.4 is 16.0 Å². The van der Waals surface area contributed by atoms with Crippen LogP contribution in [0, 0.1) is 5.82 Å². The van der Waals surface area contributed by atoms with Gasteiger partial charge in [0.15, 0.2) is 11.6 Å². The Morgan fingerprint density at radius 1 is 1.38 bits per heavy atom. The molecule has 0 fully saturated rings. The highest BCUT2D eigenvalue weighted by molar-refractivity contribution is 5.46. The lowest BCUT2D eigenvalue weighted by molar-refractivity contribution is -0.0521. The van der Waals surface area contributed by atoms with E-state index >= 15 is 0 Å². The van der Waals surface area contributed by atoms with Crippen LogP contribution in [0.5, 0.6) is 5.75 Å². The van der Waals surface area contributed by atoms with Crippen molar-refractivity contribution in [1.82, 2.24) is 0 Å². The van der Waals surface area contributed by atoms with Crippen LogP contribution in [0.15, 0.2) is 18.2 Å². The molecule has 3 N–H and O–H groups in total. The molecule has 0 bridgehead atoms. The Labute approximate surface area is 72.3 Å². The van der Waals surface area contributed by atoms with Gasteiger partial charge in [-0.2, -0.15) is 8.78 Å². The summed E-state index contributed by atoms with van der Waals surface area (Å²) in [5, 5.41) is 0. The fraction of sp³-hybridized carbons (Fsp3) is 0.143. The molecular formula is C7H7F3N2O. The number of halogens is 3. The second kappa shape index (κ2) is 3.99. The number of hydrogen-bond acceptors (Lipinski definition) is 3. The zero-order valence-corrected chi connectivity index (χ0v) is 6.43. The average Bonchev–Trinajstić information content (AvgIpc) is 2.08. The summed E-state index contributed by atoms with van der Waals surface area (Å²) < 4.78 is 40.0. The lowest BCUT2D eigenvalue weighted by Crippen LogP contribution is -2.08. The molecule has 3 nitrogen and oxygen atoms in total. The third-order valence-electron chi connectivity index (χ3n) is 1.31. The van der Waals surface area contributed by atoms with Crippen molar-refractivity contribution in [2.45, 2.75) is 6.61 Å². The topological polar surface area (TPSA) is 47.3 Å². The average molecular weight is 192 g/mol. The maximum Gasteiger partial charge on any atom is 0.387 e. The fourth-order valence-electron chi connectivity index (χ4n) is 0.782. The number of nitrogens with one attached hydrogen (secondary N) is 1. The van der Waals surface area contributed by atoms with E-state index in [1.165, 1.54) is 6.07 Å². The summed E-state index contributed by atoms with van der Waals surface area (Å²) in [6.45, 7) is -3.04. The predicted octanol–water partition coefficient (Wildman–Crippen LogP) is 1.71. The van der Waals surface area contributed by atoms with E-state index in [-0.39, 0.29) is 5.69 Å². The number of hydrazine groups is 1. The molecule has 72 valence electrons. The van der Waals surface area contributed by atoms with Gasteiger partial charge in [-0.15, -0.1) is 0 Å². The van der Waals surface area contributed by atoms with Crippen LogP contribution >= 0.6 is 0 Å². The quantitative estimate of drug-likeness (QED) is 0.566. The molecule has 0 saturated carbocycles. The minimum atomic E-state index is -3.04. The Kier molecular flexibility index (Phi) is 2.97. The van der Waals surface area contributed by atoms with Gasteiger partial charge in [-0.25, -0.2) is 4.39 Å². The molecule has 0 aliphatic heterocycles. The molecule has 1 aromatic carbocycles. The molecule has 0 radical (unpaired) electrons. The molecule has 0 unspecified atom stereocenters. The van der Waals surface area contributed by atoms with Crippen molar-refractivity contribution in [1.29, 1.82) is 0 Å². The van der Waals surface area contributed by atoms with Gasteiger partial charge in [0.25, 0.3) is 0 Å². The van der Waals surface area contributed by atoms with Crippen molar-refractivity contribution < 1.29 is 17.9 Å². The normalized spacial score (nSPS) is 10.2. The summed E-state index contributed by atoms with van der Waals surface area (Å²) in [6, 6.07) is 3.34. The number of benzene rings is 1. The van der Waals surface area contributed by atoms with Gasteiger partial charge in [-0.1, -0.05) is 0 Å². The molecule has 0 saturated heterocycles. The monoisotopic (exact) mass is 192 g/mol. The first-order chi connectivity index (χ1) is 6.13. The third-order valence-corrected chi connectivity index (χ3v) is 1.31. The standard InChI is InChI=1S/C7H7F3N2O/c8-5-3-4(12-11)1-2-6(5)13-7(9)10/h1-3,7,12H,11H2. The van der Waals surface area contributed by atoms with Crippen molar-refractivity contribution in [3.05, 3.63) is 24.0 Å². The van der Waals surface area contributed by atoms with Crippen molar-refractivity contribution in [3.63, 3.8) is 0 Å². The van der Waals surface area contributed by atoms with Crippen molar-refractivity contribution in [3.8, 4) is 5.75 Å². The summed E-state index contributed by atoms with van der Waals surface area (Å²) in [7, 11) is 0. The lowest BCUT2D eigenvalue weighted by atomic mass is 10.3. The Balaban J connectivity index is 2.85. The van der Waals surface area contributed by atoms with E-state index < -0.39 is 18.2 Å². The van der Waals surface area contributed by atoms with Gasteiger partial charge in [0.2, 0.25) is 0 Å². The smallest absolute Gasteiger partial charge is 0.387 e. The molecule has 0 aromatic heterocycles. The molecule has 6 heteroatoms. The third kappa shape index (κ3) is 2.51. The van der Waals surface area contributed by atoms with Gasteiger partial charge < -0.3 is 10.2 Å². The van der Waals surface area contributed by atoms with Gasteiger partial charge in [0.1, 0.15) is 0 Å². The lowest BCUT2D eigenvalue weighted by Gasteiger charge is -2.06. The van der Waals surface area contributed by atoms with Crippen LogP contribution in [-0.4, -0.2) is 6.61 Å². The molecule has 0 heterocycles. The number of rotatable bonds is 3. The molecule has 0 amide bonds. The SMILES string of the molecule is NNc1ccc(OC(F)F)c(F)c1. The zero-order chi connectivity index (χ0) is 9.84. The van der Waals surface area contributed by atoms with Crippen LogP contribution in [0.1, 0.15) is 0 Å². The van der Waals surface area contributed by atoms with Crippen LogP contribution in [0.25, 0.3) is 0 Å². The summed E-state index contributed by atoms with van der Waals surface area (Å²) in [5.41, 5.74) is 2.44. The second-order valence-corrected chi connectivity index (χ2v) is 2.17. The number of hydrogen-bond donors (Lipinski definition) is 2. The fourth-order valence-corrected chi connectivity index (χ4v) is 0.782. The van der Waals surface area contributed by atoms with E-state index in [0.29, 0.717) is 0 Å². The van der Waals surface area contributed by atoms with E-state index in [9.17, 15) is 13.2 Å². The second-order valence-electron chi connectivity index (χ2n) is 2.17. The van der Waals surface area contributed by atoms with Gasteiger partial charge in [0, 0.05) is 6.07 Å². The maximum atomic E-state index is 12.8. The Hall–Kier alpha value is -1.43. The summed E-state index contributed by atoms with van der Waals surface area (Å²) in [4.78, 5) is 0. The van der Waals surface area contributed by atoms with Gasteiger partial charge >= 0.3 is 6.61 Å². The van der Waals surface area contributed by atoms with Crippen LogP contribution in [0.3, 0.4) is 0 Å². The predicted molar refractivity (Wildman–Crippen MR) is 40.8 cm³/mol. The zero-order valence-electron chi connectivity index (χ0n) is 6.43. The van der Waals surface area contributed by atoms with Gasteiger partial charge in [-0.05, 0) is 12.1 Å². The minimum absolute atomic E-state index is 0.277. The molecule has 0 atom stereocenters. The van der Waals surface area contributed by atoms with E-state index in [1.54, 1.807) is 0 Å². The van der Waals surface area contributed by atoms with Crippen LogP contribution in [0.2, 0.25) is 0 Å². The summed E-state index contributed by atoms with van der Waals surface area (Å²) >= 11 is 0. The first kappa shape index (κ1) is 9.66. The molecule has 0 spiro atoms. The Bertz CT molecular complexity index is 293. The van der Waals surface area contributed by atoms with Crippen LogP contribution in [-0.2, 0) is 0 Å². The van der Waals surface area contributed by atoms with Gasteiger partial charge in [0.05, 0.1) is 5.69 Å². The Morgan fingerprint density at radius 2 is 2.08 bits per heavy atom. The van der Waals surface area contributed by atoms with Crippen LogP contribution in [0.4, 0.5) is 18.9 Å². The summed E-state index contributed by atoms with van der Waals surface area (Å²) in [6.07, 6.45) is 0. The number of ether oxygens (including phenoxy) is 1. The van der Waals surface area contributed by atoms with E-state index in [2.05, 4.69) is 10.2 Å². The van der Waals surface area contributed by atoms with Crippen molar-refractivity contribution >= 4 is 5.69 Å². The highest BCUT2D eigenvalue weighted by Crippen LogP contribution is 2.21. The molecule has 0 aliphatic carbocycles. The van der Waals surface area contributed by atoms with Gasteiger partial charge in [-0.3, -0.25) is 5.84 Å². The van der Waals surface area contributed by atoms with E-state index in [1.807, 2.05) is 0 Å². The largest absolute Gasteiger partial charge is 0.432 e. The highest BCUT2D eigenvalue weighted by atomic mass is 19.3. The molecular weight excluding hydrogens is 185 g/mol. The van der Waals surface area contributed by atoms with E-state index in [0.717, 1.165) is 12.1 Å². The molecule has 0 aliphatic rings. The molecule has 1 rings (SSSR count). The first-order valence-corrected chi connectivity index (χ1v) is 3.34. The minimum Gasteiger partial charge on any atom is -0.432 e.